The minimum Gasteiger partial charge on any atom is -0.480 e. The fraction of sp³-hybridized carbons (Fsp3) is 0.273. The van der Waals surface area contributed by atoms with Gasteiger partial charge in [0.1, 0.15) is 11.4 Å². The molecule has 5 nitrogen and oxygen atoms in total. The van der Waals surface area contributed by atoms with Crippen molar-refractivity contribution >= 4 is 17.6 Å². The van der Waals surface area contributed by atoms with Crippen LogP contribution in [0, 0.1) is 5.82 Å². The summed E-state index contributed by atoms with van der Waals surface area (Å²) in [5.41, 5.74) is -1.51. The number of nitrogens with one attached hydrogen (secondary N) is 1. The van der Waals surface area contributed by atoms with Crippen LogP contribution in [0.5, 0.6) is 0 Å². The molecule has 3 N–H and O–H groups in total. The van der Waals surface area contributed by atoms with Gasteiger partial charge < -0.3 is 15.5 Å². The van der Waals surface area contributed by atoms with Gasteiger partial charge in [0, 0.05) is 5.69 Å². The van der Waals surface area contributed by atoms with E-state index in [4.69, 9.17) is 10.2 Å². The summed E-state index contributed by atoms with van der Waals surface area (Å²) in [6.45, 7) is 2.83. The van der Waals surface area contributed by atoms with E-state index in [9.17, 15) is 14.0 Å². The van der Waals surface area contributed by atoms with Crippen LogP contribution in [0.25, 0.3) is 0 Å². The Hall–Kier alpha value is -2.11. The molecule has 92 valence electrons. The number of carboxylic acids is 2. The van der Waals surface area contributed by atoms with E-state index >= 15 is 0 Å². The SMILES string of the molecule is CC(C)(Nc1ccc(C(=O)O)c(F)c1)C(=O)O. The van der Waals surface area contributed by atoms with E-state index in [1.807, 2.05) is 0 Å². The van der Waals surface area contributed by atoms with Crippen LogP contribution in [0.2, 0.25) is 0 Å². The first-order chi connectivity index (χ1) is 7.74. The number of carbonyl (C=O) groups is 2. The van der Waals surface area contributed by atoms with Crippen molar-refractivity contribution in [3.8, 4) is 0 Å². The number of carboxylic acid groups (broad SMARTS) is 2. The largest absolute Gasteiger partial charge is 0.480 e. The average molecular weight is 241 g/mol. The first kappa shape index (κ1) is 13.0. The minimum absolute atomic E-state index is 0.208. The predicted molar refractivity (Wildman–Crippen MR) is 58.7 cm³/mol. The summed E-state index contributed by atoms with van der Waals surface area (Å²) in [6, 6.07) is 3.35. The van der Waals surface area contributed by atoms with Gasteiger partial charge in [0.15, 0.2) is 0 Å². The van der Waals surface area contributed by atoms with Crippen LogP contribution in [0.1, 0.15) is 24.2 Å². The summed E-state index contributed by atoms with van der Waals surface area (Å²) >= 11 is 0. The third-order valence-corrected chi connectivity index (χ3v) is 2.19. The van der Waals surface area contributed by atoms with Gasteiger partial charge in [0.25, 0.3) is 0 Å². The molecule has 17 heavy (non-hydrogen) atoms. The lowest BCUT2D eigenvalue weighted by molar-refractivity contribution is -0.141. The lowest BCUT2D eigenvalue weighted by atomic mass is 10.1. The van der Waals surface area contributed by atoms with Gasteiger partial charge in [-0.05, 0) is 32.0 Å². The Morgan fingerprint density at radius 3 is 2.29 bits per heavy atom. The van der Waals surface area contributed by atoms with Crippen molar-refractivity contribution in [1.29, 1.82) is 0 Å². The maximum absolute atomic E-state index is 13.3. The van der Waals surface area contributed by atoms with Gasteiger partial charge >= 0.3 is 11.9 Å². The minimum atomic E-state index is -1.37. The lowest BCUT2D eigenvalue weighted by Gasteiger charge is -2.22. The molecule has 0 bridgehead atoms. The molecular formula is C11H12FNO4. The number of halogens is 1. The van der Waals surface area contributed by atoms with Crippen molar-refractivity contribution in [2.45, 2.75) is 19.4 Å². The number of anilines is 1. The Bertz CT molecular complexity index is 471. The molecule has 0 aliphatic rings. The number of aromatic carboxylic acids is 1. The van der Waals surface area contributed by atoms with E-state index in [1.54, 1.807) is 0 Å². The van der Waals surface area contributed by atoms with Crippen LogP contribution < -0.4 is 5.32 Å². The third-order valence-electron chi connectivity index (χ3n) is 2.19. The second-order valence-corrected chi connectivity index (χ2v) is 4.05. The van der Waals surface area contributed by atoms with E-state index in [2.05, 4.69) is 5.32 Å². The van der Waals surface area contributed by atoms with Crippen LogP contribution in [-0.2, 0) is 4.79 Å². The van der Waals surface area contributed by atoms with Crippen molar-refractivity contribution < 1.29 is 24.2 Å². The molecule has 0 saturated carbocycles. The molecular weight excluding hydrogens is 229 g/mol. The highest BCUT2D eigenvalue weighted by atomic mass is 19.1. The zero-order valence-corrected chi connectivity index (χ0v) is 9.32. The van der Waals surface area contributed by atoms with Gasteiger partial charge in [-0.15, -0.1) is 0 Å². The second-order valence-electron chi connectivity index (χ2n) is 4.05. The zero-order chi connectivity index (χ0) is 13.2. The highest BCUT2D eigenvalue weighted by molar-refractivity contribution is 5.88. The van der Waals surface area contributed by atoms with E-state index < -0.39 is 28.9 Å². The first-order valence-corrected chi connectivity index (χ1v) is 4.78. The molecule has 1 rings (SSSR count). The van der Waals surface area contributed by atoms with Crippen molar-refractivity contribution in [1.82, 2.24) is 0 Å². The number of hydrogen-bond acceptors (Lipinski definition) is 3. The summed E-state index contributed by atoms with van der Waals surface area (Å²) in [5.74, 6) is -3.38. The molecule has 0 unspecified atom stereocenters. The highest BCUT2D eigenvalue weighted by Crippen LogP contribution is 2.19. The predicted octanol–water partition coefficient (Wildman–Crippen LogP) is 1.80. The van der Waals surface area contributed by atoms with E-state index in [1.165, 1.54) is 19.9 Å². The molecule has 1 aromatic carbocycles. The van der Waals surface area contributed by atoms with Crippen LogP contribution in [0.3, 0.4) is 0 Å². The normalized spacial score (nSPS) is 11.0. The van der Waals surface area contributed by atoms with Gasteiger partial charge in [-0.1, -0.05) is 0 Å². The van der Waals surface area contributed by atoms with Crippen LogP contribution >= 0.6 is 0 Å². The van der Waals surface area contributed by atoms with Gasteiger partial charge in [0.05, 0.1) is 5.56 Å². The van der Waals surface area contributed by atoms with Gasteiger partial charge in [0.2, 0.25) is 0 Å². The summed E-state index contributed by atoms with van der Waals surface area (Å²) < 4.78 is 13.3. The van der Waals surface area contributed by atoms with E-state index in [0.29, 0.717) is 0 Å². The number of rotatable bonds is 4. The molecule has 0 amide bonds. The molecule has 0 fully saturated rings. The quantitative estimate of drug-likeness (QED) is 0.748. The van der Waals surface area contributed by atoms with Gasteiger partial charge in [-0.2, -0.15) is 0 Å². The molecule has 0 radical (unpaired) electrons. The topological polar surface area (TPSA) is 86.6 Å². The molecule has 0 spiro atoms. The number of aliphatic carboxylic acids is 1. The Labute approximate surface area is 96.9 Å². The third kappa shape index (κ3) is 2.93. The molecule has 0 heterocycles. The Morgan fingerprint density at radius 1 is 1.29 bits per heavy atom. The fourth-order valence-corrected chi connectivity index (χ4v) is 1.18. The fourth-order valence-electron chi connectivity index (χ4n) is 1.18. The van der Waals surface area contributed by atoms with Crippen LogP contribution in [0.15, 0.2) is 18.2 Å². The summed E-state index contributed by atoms with van der Waals surface area (Å²) in [6.07, 6.45) is 0. The standard InChI is InChI=1S/C11H12FNO4/c1-11(2,10(16)17)13-6-3-4-7(9(14)15)8(12)5-6/h3-5,13H,1-2H3,(H,14,15)(H,16,17). The second kappa shape index (κ2) is 4.40. The van der Waals surface area contributed by atoms with Gasteiger partial charge in [-0.25, -0.2) is 14.0 Å². The molecule has 6 heteroatoms. The number of benzene rings is 1. The van der Waals surface area contributed by atoms with E-state index in [-0.39, 0.29) is 5.69 Å². The maximum Gasteiger partial charge on any atom is 0.338 e. The number of hydrogen-bond donors (Lipinski definition) is 3. The van der Waals surface area contributed by atoms with Crippen molar-refractivity contribution in [3.63, 3.8) is 0 Å². The smallest absolute Gasteiger partial charge is 0.338 e. The maximum atomic E-state index is 13.3. The average Bonchev–Trinajstić information content (AvgIpc) is 2.15. The first-order valence-electron chi connectivity index (χ1n) is 4.78. The Morgan fingerprint density at radius 2 is 1.88 bits per heavy atom. The molecule has 0 saturated heterocycles. The van der Waals surface area contributed by atoms with Crippen LogP contribution in [0.4, 0.5) is 10.1 Å². The summed E-state index contributed by atoms with van der Waals surface area (Å²) in [5, 5.41) is 20.1. The van der Waals surface area contributed by atoms with Crippen molar-refractivity contribution in [3.05, 3.63) is 29.6 Å². The highest BCUT2D eigenvalue weighted by Gasteiger charge is 2.27. The molecule has 0 aromatic heterocycles. The summed E-state index contributed by atoms with van der Waals surface area (Å²) in [7, 11) is 0. The zero-order valence-electron chi connectivity index (χ0n) is 9.32. The van der Waals surface area contributed by atoms with Gasteiger partial charge in [-0.3, -0.25) is 0 Å². The van der Waals surface area contributed by atoms with E-state index in [0.717, 1.165) is 12.1 Å². The van der Waals surface area contributed by atoms with Crippen LogP contribution in [-0.4, -0.2) is 27.7 Å². The molecule has 1 aromatic rings. The van der Waals surface area contributed by atoms with Crippen molar-refractivity contribution in [2.75, 3.05) is 5.32 Å². The monoisotopic (exact) mass is 241 g/mol. The molecule has 0 aliphatic heterocycles. The summed E-state index contributed by atoms with van der Waals surface area (Å²) in [4.78, 5) is 21.4. The Balaban J connectivity index is 2.99. The molecule has 0 aliphatic carbocycles. The van der Waals surface area contributed by atoms with Crippen molar-refractivity contribution in [2.24, 2.45) is 0 Å². The Kier molecular flexibility index (Phi) is 3.36. The lowest BCUT2D eigenvalue weighted by Crippen LogP contribution is -2.39. The molecule has 0 atom stereocenters.